The minimum Gasteiger partial charge on any atom is -0.451 e. The van der Waals surface area contributed by atoms with Gasteiger partial charge < -0.3 is 4.74 Å². The third-order valence-electron chi connectivity index (χ3n) is 3.93. The molecular formula is C19H18F2O3. The first-order valence-electron chi connectivity index (χ1n) is 7.49. The van der Waals surface area contributed by atoms with Crippen molar-refractivity contribution in [2.75, 3.05) is 0 Å². The number of halogens is 2. The third-order valence-corrected chi connectivity index (χ3v) is 3.93. The van der Waals surface area contributed by atoms with Crippen LogP contribution in [-0.2, 0) is 4.74 Å². The quantitative estimate of drug-likeness (QED) is 0.619. The maximum Gasteiger partial charge on any atom is 0.344 e. The first-order chi connectivity index (χ1) is 11.2. The van der Waals surface area contributed by atoms with Crippen molar-refractivity contribution < 1.29 is 23.1 Å². The first kappa shape index (κ1) is 17.8. The molecule has 0 heterocycles. The predicted molar refractivity (Wildman–Crippen MR) is 86.2 cm³/mol. The van der Waals surface area contributed by atoms with Crippen molar-refractivity contribution in [1.82, 2.24) is 0 Å². The predicted octanol–water partition coefficient (Wildman–Crippen LogP) is 4.32. The molecule has 0 aliphatic carbocycles. The molecule has 0 aliphatic heterocycles. The molecule has 2 rings (SSSR count). The number of benzene rings is 2. The van der Waals surface area contributed by atoms with Crippen LogP contribution in [0.4, 0.5) is 8.78 Å². The zero-order valence-corrected chi connectivity index (χ0v) is 13.9. The van der Waals surface area contributed by atoms with Gasteiger partial charge in [-0.2, -0.15) is 0 Å². The number of carbonyl (C=O) groups is 2. The van der Waals surface area contributed by atoms with Crippen LogP contribution < -0.4 is 0 Å². The van der Waals surface area contributed by atoms with E-state index in [0.717, 1.165) is 34.9 Å². The summed E-state index contributed by atoms with van der Waals surface area (Å²) in [7, 11) is 0. The Morgan fingerprint density at radius 3 is 2.08 bits per heavy atom. The lowest BCUT2D eigenvalue weighted by molar-refractivity contribution is 0.0309. The van der Waals surface area contributed by atoms with E-state index in [9.17, 15) is 18.4 Å². The maximum absolute atomic E-state index is 13.6. The molecule has 0 bridgehead atoms. The van der Waals surface area contributed by atoms with Gasteiger partial charge in [-0.25, -0.2) is 13.6 Å². The standard InChI is InChI=1S/C19H18F2O3/c1-10-8-12(3)14(9-11(10)2)18(22)13(4)24-19(23)17-15(20)6-5-7-16(17)21/h5-9,13H,1-4H3/t13-/m1/s1. The lowest BCUT2D eigenvalue weighted by Crippen LogP contribution is -2.26. The second kappa shape index (κ2) is 6.91. The number of hydrogen-bond acceptors (Lipinski definition) is 3. The molecule has 0 saturated carbocycles. The summed E-state index contributed by atoms with van der Waals surface area (Å²) < 4.78 is 32.2. The molecule has 126 valence electrons. The van der Waals surface area contributed by atoms with Gasteiger partial charge in [-0.3, -0.25) is 4.79 Å². The van der Waals surface area contributed by atoms with Crippen LogP contribution in [0.15, 0.2) is 30.3 Å². The Kier molecular flexibility index (Phi) is 5.12. The van der Waals surface area contributed by atoms with Crippen LogP contribution >= 0.6 is 0 Å². The van der Waals surface area contributed by atoms with Crippen molar-refractivity contribution in [2.24, 2.45) is 0 Å². The fraction of sp³-hybridized carbons (Fsp3) is 0.263. The Morgan fingerprint density at radius 1 is 0.958 bits per heavy atom. The number of hydrogen-bond donors (Lipinski definition) is 0. The van der Waals surface area contributed by atoms with Gasteiger partial charge in [-0.05, 0) is 62.6 Å². The summed E-state index contributed by atoms with van der Waals surface area (Å²) in [6.07, 6.45) is -1.16. The van der Waals surface area contributed by atoms with Crippen LogP contribution in [0.5, 0.6) is 0 Å². The highest BCUT2D eigenvalue weighted by atomic mass is 19.1. The largest absolute Gasteiger partial charge is 0.451 e. The fourth-order valence-corrected chi connectivity index (χ4v) is 2.41. The average molecular weight is 332 g/mol. The van der Waals surface area contributed by atoms with E-state index in [1.807, 2.05) is 19.9 Å². The van der Waals surface area contributed by atoms with Crippen molar-refractivity contribution in [2.45, 2.75) is 33.8 Å². The Morgan fingerprint density at radius 2 is 1.50 bits per heavy atom. The second-order valence-electron chi connectivity index (χ2n) is 5.76. The smallest absolute Gasteiger partial charge is 0.344 e. The van der Waals surface area contributed by atoms with Crippen molar-refractivity contribution >= 4 is 11.8 Å². The van der Waals surface area contributed by atoms with E-state index in [0.29, 0.717) is 5.56 Å². The summed E-state index contributed by atoms with van der Waals surface area (Å²) >= 11 is 0. The summed E-state index contributed by atoms with van der Waals surface area (Å²) in [6.45, 7) is 6.97. The zero-order chi connectivity index (χ0) is 18.0. The first-order valence-corrected chi connectivity index (χ1v) is 7.49. The lowest BCUT2D eigenvalue weighted by Gasteiger charge is -2.15. The van der Waals surface area contributed by atoms with Crippen LogP contribution in [0.25, 0.3) is 0 Å². The SMILES string of the molecule is Cc1cc(C)c(C(=O)[C@@H](C)OC(=O)c2c(F)cccc2F)cc1C. The topological polar surface area (TPSA) is 43.4 Å². The zero-order valence-electron chi connectivity index (χ0n) is 13.9. The van der Waals surface area contributed by atoms with E-state index in [1.54, 1.807) is 13.0 Å². The number of carbonyl (C=O) groups excluding carboxylic acids is 2. The van der Waals surface area contributed by atoms with E-state index in [1.165, 1.54) is 6.92 Å². The molecule has 0 saturated heterocycles. The summed E-state index contributed by atoms with van der Waals surface area (Å²) in [5.41, 5.74) is 2.36. The average Bonchev–Trinajstić information content (AvgIpc) is 2.50. The third kappa shape index (κ3) is 3.50. The van der Waals surface area contributed by atoms with E-state index in [4.69, 9.17) is 4.74 Å². The van der Waals surface area contributed by atoms with Crippen molar-refractivity contribution in [3.05, 3.63) is 69.8 Å². The number of esters is 1. The highest BCUT2D eigenvalue weighted by Crippen LogP contribution is 2.19. The molecule has 0 fully saturated rings. The van der Waals surface area contributed by atoms with Crippen LogP contribution in [-0.4, -0.2) is 17.9 Å². The van der Waals surface area contributed by atoms with Gasteiger partial charge in [-0.1, -0.05) is 12.1 Å². The summed E-state index contributed by atoms with van der Waals surface area (Å²) in [4.78, 5) is 24.5. The molecule has 0 N–H and O–H groups in total. The maximum atomic E-state index is 13.6. The van der Waals surface area contributed by atoms with Gasteiger partial charge in [0.05, 0.1) is 0 Å². The van der Waals surface area contributed by atoms with Crippen LogP contribution in [0.1, 0.15) is 44.3 Å². The summed E-state index contributed by atoms with van der Waals surface area (Å²) in [5.74, 6) is -3.67. The molecule has 2 aromatic carbocycles. The monoisotopic (exact) mass is 332 g/mol. The Hall–Kier alpha value is -2.56. The molecule has 0 unspecified atom stereocenters. The van der Waals surface area contributed by atoms with Gasteiger partial charge in [-0.15, -0.1) is 0 Å². The molecule has 2 aromatic rings. The number of Topliss-reactive ketones (excluding diaryl/α,β-unsaturated/α-hetero) is 1. The number of aryl methyl sites for hydroxylation is 3. The molecule has 3 nitrogen and oxygen atoms in total. The van der Waals surface area contributed by atoms with Gasteiger partial charge in [0.2, 0.25) is 5.78 Å². The summed E-state index contributed by atoms with van der Waals surface area (Å²) in [5, 5.41) is 0. The van der Waals surface area contributed by atoms with Gasteiger partial charge in [0.15, 0.2) is 6.10 Å². The minimum atomic E-state index is -1.20. The minimum absolute atomic E-state index is 0.416. The van der Waals surface area contributed by atoms with Crippen molar-refractivity contribution in [1.29, 1.82) is 0 Å². The van der Waals surface area contributed by atoms with Gasteiger partial charge in [0.1, 0.15) is 17.2 Å². The lowest BCUT2D eigenvalue weighted by atomic mass is 9.96. The molecule has 24 heavy (non-hydrogen) atoms. The van der Waals surface area contributed by atoms with Crippen LogP contribution in [0, 0.1) is 32.4 Å². The molecule has 0 amide bonds. The highest BCUT2D eigenvalue weighted by molar-refractivity contribution is 6.02. The van der Waals surface area contributed by atoms with Gasteiger partial charge >= 0.3 is 5.97 Å². The number of rotatable bonds is 4. The van der Waals surface area contributed by atoms with Crippen LogP contribution in [0.2, 0.25) is 0 Å². The molecule has 0 spiro atoms. The van der Waals surface area contributed by atoms with E-state index in [-0.39, 0.29) is 0 Å². The fourth-order valence-electron chi connectivity index (χ4n) is 2.41. The summed E-state index contributed by atoms with van der Waals surface area (Å²) in [6, 6.07) is 6.66. The molecule has 0 aromatic heterocycles. The second-order valence-corrected chi connectivity index (χ2v) is 5.76. The highest BCUT2D eigenvalue weighted by Gasteiger charge is 2.25. The Labute approximate surface area is 139 Å². The molecular weight excluding hydrogens is 314 g/mol. The van der Waals surface area contributed by atoms with Crippen LogP contribution in [0.3, 0.4) is 0 Å². The molecule has 0 radical (unpaired) electrons. The van der Waals surface area contributed by atoms with Crippen molar-refractivity contribution in [3.63, 3.8) is 0 Å². The Balaban J connectivity index is 2.24. The van der Waals surface area contributed by atoms with Gasteiger partial charge in [0, 0.05) is 5.56 Å². The number of ketones is 1. The van der Waals surface area contributed by atoms with E-state index in [2.05, 4.69) is 0 Å². The van der Waals surface area contributed by atoms with Crippen molar-refractivity contribution in [3.8, 4) is 0 Å². The number of ether oxygens (including phenoxy) is 1. The molecule has 5 heteroatoms. The Bertz CT molecular complexity index is 792. The van der Waals surface area contributed by atoms with E-state index >= 15 is 0 Å². The van der Waals surface area contributed by atoms with Gasteiger partial charge in [0.25, 0.3) is 0 Å². The normalized spacial score (nSPS) is 11.9. The molecule has 0 aliphatic rings. The van der Waals surface area contributed by atoms with E-state index < -0.39 is 35.1 Å². The molecule has 1 atom stereocenters.